The molecule has 0 radical (unpaired) electrons. The normalized spacial score (nSPS) is 14.4. The van der Waals surface area contributed by atoms with Crippen LogP contribution in [0.1, 0.15) is 11.7 Å². The highest BCUT2D eigenvalue weighted by atomic mass is 79.9. The van der Waals surface area contributed by atoms with Crippen LogP contribution in [0, 0.1) is 23.0 Å². The molecule has 1 rings (SSSR count). The van der Waals surface area contributed by atoms with Gasteiger partial charge in [-0.05, 0) is 28.1 Å². The van der Waals surface area contributed by atoms with E-state index < -0.39 is 29.4 Å². The average Bonchev–Trinajstić information content (AvgIpc) is 2.21. The van der Waals surface area contributed by atoms with Gasteiger partial charge in [0.05, 0.1) is 10.5 Å². The number of aliphatic hydroxyl groups is 2. The lowest BCUT2D eigenvalue weighted by Gasteiger charge is -2.13. The van der Waals surface area contributed by atoms with E-state index in [1.807, 2.05) is 0 Å². The molecule has 0 aromatic heterocycles. The molecule has 6 heteroatoms. The maximum atomic E-state index is 13.2. The Hall–Kier alpha value is -1.03. The zero-order chi connectivity index (χ0) is 11.6. The monoisotopic (exact) mass is 277 g/mol. The minimum Gasteiger partial charge on any atom is -0.384 e. The molecule has 2 unspecified atom stereocenters. The van der Waals surface area contributed by atoms with E-state index in [-0.39, 0.29) is 4.47 Å². The van der Waals surface area contributed by atoms with Crippen molar-refractivity contribution in [1.82, 2.24) is 0 Å². The molecule has 0 saturated heterocycles. The van der Waals surface area contributed by atoms with Crippen molar-refractivity contribution in [2.45, 2.75) is 12.2 Å². The molecule has 0 aliphatic carbocycles. The number of halogens is 3. The van der Waals surface area contributed by atoms with Gasteiger partial charge in [0.2, 0.25) is 0 Å². The summed E-state index contributed by atoms with van der Waals surface area (Å²) in [5, 5.41) is 26.5. The molecule has 0 bridgehead atoms. The predicted octanol–water partition coefficient (Wildman–Crippen LogP) is 1.65. The highest BCUT2D eigenvalue weighted by Gasteiger charge is 2.22. The quantitative estimate of drug-likeness (QED) is 0.638. The number of hydrogen-bond acceptors (Lipinski definition) is 3. The lowest BCUT2D eigenvalue weighted by atomic mass is 10.0. The second-order valence-corrected chi connectivity index (χ2v) is 3.66. The third-order valence-corrected chi connectivity index (χ3v) is 2.40. The number of nitrogens with zero attached hydrogens (tertiary/aromatic N) is 1. The van der Waals surface area contributed by atoms with Crippen LogP contribution in [-0.4, -0.2) is 16.3 Å². The Bertz CT molecular complexity index is 419. The fourth-order valence-corrected chi connectivity index (χ4v) is 1.32. The first-order valence-corrected chi connectivity index (χ1v) is 4.67. The summed E-state index contributed by atoms with van der Waals surface area (Å²) in [5.74, 6) is -1.68. The van der Waals surface area contributed by atoms with Crippen LogP contribution in [0.25, 0.3) is 0 Å². The molecule has 0 saturated carbocycles. The van der Waals surface area contributed by atoms with Gasteiger partial charge in [-0.25, -0.2) is 8.78 Å². The van der Waals surface area contributed by atoms with Gasteiger partial charge in [-0.15, -0.1) is 0 Å². The molecule has 0 amide bonds. The van der Waals surface area contributed by atoms with E-state index in [1.165, 1.54) is 6.07 Å². The predicted molar refractivity (Wildman–Crippen MR) is 50.6 cm³/mol. The van der Waals surface area contributed by atoms with E-state index >= 15 is 0 Å². The van der Waals surface area contributed by atoms with Crippen LogP contribution in [0.15, 0.2) is 16.6 Å². The maximum Gasteiger partial charge on any atom is 0.170 e. The zero-order valence-corrected chi connectivity index (χ0v) is 8.87. The first-order valence-electron chi connectivity index (χ1n) is 3.87. The van der Waals surface area contributed by atoms with Gasteiger partial charge in [-0.2, -0.15) is 5.26 Å². The van der Waals surface area contributed by atoms with Crippen molar-refractivity contribution in [2.75, 3.05) is 0 Å². The molecule has 0 fully saturated rings. The minimum atomic E-state index is -1.79. The Morgan fingerprint density at radius 3 is 2.40 bits per heavy atom. The van der Waals surface area contributed by atoms with E-state index in [0.717, 1.165) is 12.1 Å². The lowest BCUT2D eigenvalue weighted by Crippen LogP contribution is -2.17. The van der Waals surface area contributed by atoms with Crippen molar-refractivity contribution in [2.24, 2.45) is 0 Å². The zero-order valence-electron chi connectivity index (χ0n) is 7.28. The number of aliphatic hydroxyl groups excluding tert-OH is 2. The number of benzene rings is 1. The van der Waals surface area contributed by atoms with Gasteiger partial charge >= 0.3 is 0 Å². The molecule has 1 aromatic carbocycles. The van der Waals surface area contributed by atoms with Gasteiger partial charge in [0.15, 0.2) is 6.10 Å². The third-order valence-electron chi connectivity index (χ3n) is 1.79. The summed E-state index contributed by atoms with van der Waals surface area (Å²) in [4.78, 5) is 0. The molecule has 0 aliphatic heterocycles. The average molecular weight is 278 g/mol. The minimum absolute atomic E-state index is 0.0950. The number of nitriles is 1. The Morgan fingerprint density at radius 2 is 1.87 bits per heavy atom. The maximum absolute atomic E-state index is 13.2. The van der Waals surface area contributed by atoms with E-state index in [2.05, 4.69) is 15.9 Å². The Balaban J connectivity index is 3.16. The summed E-state index contributed by atoms with van der Waals surface area (Å²) in [6.45, 7) is 0. The summed E-state index contributed by atoms with van der Waals surface area (Å²) in [6, 6.07) is 2.87. The number of rotatable bonds is 2. The smallest absolute Gasteiger partial charge is 0.170 e. The summed E-state index contributed by atoms with van der Waals surface area (Å²) in [5.41, 5.74) is -0.454. The molecule has 2 atom stereocenters. The second-order valence-electron chi connectivity index (χ2n) is 2.81. The molecule has 0 aliphatic rings. The largest absolute Gasteiger partial charge is 0.384 e. The van der Waals surface area contributed by atoms with Crippen molar-refractivity contribution in [3.63, 3.8) is 0 Å². The van der Waals surface area contributed by atoms with Crippen molar-refractivity contribution < 1.29 is 19.0 Å². The SMILES string of the molecule is N#CC(O)C(O)c1cc(F)c(Br)cc1F. The lowest BCUT2D eigenvalue weighted by molar-refractivity contribution is 0.0501. The highest BCUT2D eigenvalue weighted by molar-refractivity contribution is 9.10. The van der Waals surface area contributed by atoms with E-state index in [1.54, 1.807) is 0 Å². The van der Waals surface area contributed by atoms with Crippen LogP contribution < -0.4 is 0 Å². The van der Waals surface area contributed by atoms with E-state index in [0.29, 0.717) is 0 Å². The Labute approximate surface area is 92.7 Å². The molecular weight excluding hydrogens is 272 g/mol. The Kier molecular flexibility index (Phi) is 3.74. The summed E-state index contributed by atoms with van der Waals surface area (Å²) in [6.07, 6.45) is -3.56. The summed E-state index contributed by atoms with van der Waals surface area (Å²) in [7, 11) is 0. The fourth-order valence-electron chi connectivity index (χ4n) is 1.01. The van der Waals surface area contributed by atoms with Crippen LogP contribution in [0.4, 0.5) is 8.78 Å². The molecule has 0 heterocycles. The molecule has 2 N–H and O–H groups in total. The van der Waals surface area contributed by atoms with Gasteiger partial charge in [0, 0.05) is 5.56 Å². The second kappa shape index (κ2) is 4.66. The van der Waals surface area contributed by atoms with Crippen LogP contribution in [-0.2, 0) is 0 Å². The highest BCUT2D eigenvalue weighted by Crippen LogP contribution is 2.25. The molecule has 3 nitrogen and oxygen atoms in total. The first kappa shape index (κ1) is 12.0. The summed E-state index contributed by atoms with van der Waals surface area (Å²) >= 11 is 2.76. The van der Waals surface area contributed by atoms with Gasteiger partial charge < -0.3 is 10.2 Å². The standard InChI is InChI=1S/C9H6BrF2NO2/c10-5-2-6(11)4(1-7(5)12)9(15)8(14)3-13/h1-2,8-9,14-15H. The van der Waals surface area contributed by atoms with Crippen molar-refractivity contribution in [3.05, 3.63) is 33.8 Å². The van der Waals surface area contributed by atoms with Crippen LogP contribution in [0.2, 0.25) is 0 Å². The fraction of sp³-hybridized carbons (Fsp3) is 0.222. The molecular formula is C9H6BrF2NO2. The number of hydrogen-bond donors (Lipinski definition) is 2. The molecule has 1 aromatic rings. The molecule has 80 valence electrons. The molecule has 15 heavy (non-hydrogen) atoms. The van der Waals surface area contributed by atoms with Gasteiger partial charge in [-0.3, -0.25) is 0 Å². The van der Waals surface area contributed by atoms with Gasteiger partial charge in [-0.1, -0.05) is 0 Å². The van der Waals surface area contributed by atoms with Crippen molar-refractivity contribution in [1.29, 1.82) is 5.26 Å². The van der Waals surface area contributed by atoms with Gasteiger partial charge in [0.1, 0.15) is 17.7 Å². The third kappa shape index (κ3) is 2.50. The van der Waals surface area contributed by atoms with Crippen molar-refractivity contribution in [3.8, 4) is 6.07 Å². The Morgan fingerprint density at radius 1 is 1.27 bits per heavy atom. The first-order chi connectivity index (χ1) is 6.97. The molecule has 0 spiro atoms. The van der Waals surface area contributed by atoms with Gasteiger partial charge in [0.25, 0.3) is 0 Å². The van der Waals surface area contributed by atoms with Crippen LogP contribution in [0.5, 0.6) is 0 Å². The summed E-state index contributed by atoms with van der Waals surface area (Å²) < 4.78 is 26.1. The van der Waals surface area contributed by atoms with Crippen molar-refractivity contribution >= 4 is 15.9 Å². The van der Waals surface area contributed by atoms with Crippen LogP contribution in [0.3, 0.4) is 0 Å². The topological polar surface area (TPSA) is 64.2 Å². The van der Waals surface area contributed by atoms with E-state index in [4.69, 9.17) is 10.4 Å². The van der Waals surface area contributed by atoms with E-state index in [9.17, 15) is 13.9 Å². The van der Waals surface area contributed by atoms with Crippen LogP contribution >= 0.6 is 15.9 Å².